The number of carbonyl (C=O) groups excluding carboxylic acids is 1. The number of ether oxygens (including phenoxy) is 2. The smallest absolute Gasteiger partial charge is 0.239 e. The van der Waals surface area contributed by atoms with Gasteiger partial charge in [0.05, 0.1) is 12.6 Å². The third-order valence-electron chi connectivity index (χ3n) is 3.57. The molecule has 0 radical (unpaired) electrons. The van der Waals surface area contributed by atoms with Crippen molar-refractivity contribution in [3.63, 3.8) is 0 Å². The van der Waals surface area contributed by atoms with Crippen molar-refractivity contribution in [2.45, 2.75) is 44.7 Å². The minimum atomic E-state index is -0.0249. The van der Waals surface area contributed by atoms with Crippen LogP contribution in [-0.2, 0) is 14.3 Å². The molecule has 1 N–H and O–H groups in total. The summed E-state index contributed by atoms with van der Waals surface area (Å²) in [5, 5.41) is 3.40. The molecular formula is C14H28N2O3. The summed E-state index contributed by atoms with van der Waals surface area (Å²) in [4.78, 5) is 14.4. The predicted octanol–water partition coefficient (Wildman–Crippen LogP) is 1.03. The van der Waals surface area contributed by atoms with E-state index in [0.717, 1.165) is 32.2 Å². The molecule has 0 saturated carbocycles. The topological polar surface area (TPSA) is 50.8 Å². The van der Waals surface area contributed by atoms with Crippen molar-refractivity contribution >= 4 is 5.91 Å². The number of methoxy groups -OCH3 is 2. The lowest BCUT2D eigenvalue weighted by molar-refractivity contribution is -0.135. The predicted molar refractivity (Wildman–Crippen MR) is 75.2 cm³/mol. The van der Waals surface area contributed by atoms with Crippen molar-refractivity contribution in [2.75, 3.05) is 40.5 Å². The highest BCUT2D eigenvalue weighted by atomic mass is 16.5. The Hall–Kier alpha value is -0.650. The van der Waals surface area contributed by atoms with E-state index in [1.165, 1.54) is 0 Å². The molecule has 1 rings (SSSR count). The van der Waals surface area contributed by atoms with Crippen molar-refractivity contribution in [3.05, 3.63) is 0 Å². The Kier molecular flexibility index (Phi) is 8.02. The maximum atomic E-state index is 12.5. The van der Waals surface area contributed by atoms with Crippen LogP contribution < -0.4 is 5.32 Å². The van der Waals surface area contributed by atoms with Gasteiger partial charge in [0.1, 0.15) is 0 Å². The first-order chi connectivity index (χ1) is 9.19. The van der Waals surface area contributed by atoms with E-state index in [0.29, 0.717) is 25.8 Å². The van der Waals surface area contributed by atoms with Crippen LogP contribution in [0.15, 0.2) is 0 Å². The maximum Gasteiger partial charge on any atom is 0.239 e. The lowest BCUT2D eigenvalue weighted by Gasteiger charge is -2.32. The van der Waals surface area contributed by atoms with Gasteiger partial charge in [-0.1, -0.05) is 0 Å². The quantitative estimate of drug-likeness (QED) is 0.671. The number of rotatable bonds is 8. The Morgan fingerprint density at radius 3 is 2.58 bits per heavy atom. The minimum absolute atomic E-state index is 0.0249. The molecule has 2 atom stereocenters. The first-order valence-corrected chi connectivity index (χ1v) is 7.21. The Bertz CT molecular complexity index is 261. The van der Waals surface area contributed by atoms with Gasteiger partial charge in [-0.25, -0.2) is 0 Å². The van der Waals surface area contributed by atoms with Crippen LogP contribution in [0.25, 0.3) is 0 Å². The van der Waals surface area contributed by atoms with Crippen molar-refractivity contribution in [3.8, 4) is 0 Å². The van der Waals surface area contributed by atoms with Gasteiger partial charge in [0.15, 0.2) is 0 Å². The van der Waals surface area contributed by atoms with E-state index in [9.17, 15) is 4.79 Å². The summed E-state index contributed by atoms with van der Waals surface area (Å²) < 4.78 is 10.1. The summed E-state index contributed by atoms with van der Waals surface area (Å²) in [6.45, 7) is 4.81. The van der Waals surface area contributed by atoms with Crippen LogP contribution >= 0.6 is 0 Å². The van der Waals surface area contributed by atoms with Gasteiger partial charge < -0.3 is 19.7 Å². The molecule has 5 heteroatoms. The number of piperidine rings is 1. The Balaban J connectivity index is 2.48. The van der Waals surface area contributed by atoms with Gasteiger partial charge in [0, 0.05) is 40.0 Å². The van der Waals surface area contributed by atoms with Crippen LogP contribution in [0.5, 0.6) is 0 Å². The fraction of sp³-hybridized carbons (Fsp3) is 0.929. The van der Waals surface area contributed by atoms with Crippen LogP contribution in [-0.4, -0.2) is 63.4 Å². The molecule has 5 nitrogen and oxygen atoms in total. The second-order valence-electron chi connectivity index (χ2n) is 5.22. The standard InChI is InChI=1S/C14H28N2O3/c1-12-6-4-7-13(15-12)14(17)16(9-11-19-3)8-5-10-18-2/h12-13,15H,4-11H2,1-3H3. The van der Waals surface area contributed by atoms with E-state index >= 15 is 0 Å². The zero-order valence-electron chi connectivity index (χ0n) is 12.5. The van der Waals surface area contributed by atoms with Crippen LogP contribution in [0.1, 0.15) is 32.6 Å². The van der Waals surface area contributed by atoms with Crippen LogP contribution in [0, 0.1) is 0 Å². The number of hydrogen-bond acceptors (Lipinski definition) is 4. The number of amides is 1. The van der Waals surface area contributed by atoms with Gasteiger partial charge in [-0.2, -0.15) is 0 Å². The lowest BCUT2D eigenvalue weighted by atomic mass is 9.98. The highest BCUT2D eigenvalue weighted by molar-refractivity contribution is 5.82. The zero-order chi connectivity index (χ0) is 14.1. The molecule has 0 aromatic heterocycles. The monoisotopic (exact) mass is 272 g/mol. The SMILES string of the molecule is COCCCN(CCOC)C(=O)C1CCCC(C)N1. The van der Waals surface area contributed by atoms with Gasteiger partial charge in [-0.05, 0) is 32.6 Å². The lowest BCUT2D eigenvalue weighted by Crippen LogP contribution is -2.52. The summed E-state index contributed by atoms with van der Waals surface area (Å²) in [7, 11) is 3.35. The molecule has 0 aromatic rings. The molecule has 112 valence electrons. The van der Waals surface area contributed by atoms with Crippen molar-refractivity contribution < 1.29 is 14.3 Å². The minimum Gasteiger partial charge on any atom is -0.385 e. The van der Waals surface area contributed by atoms with E-state index in [4.69, 9.17) is 9.47 Å². The van der Waals surface area contributed by atoms with E-state index in [1.807, 2.05) is 4.90 Å². The Morgan fingerprint density at radius 2 is 1.95 bits per heavy atom. The Morgan fingerprint density at radius 1 is 1.21 bits per heavy atom. The van der Waals surface area contributed by atoms with Crippen LogP contribution in [0.2, 0.25) is 0 Å². The molecule has 1 heterocycles. The molecule has 1 fully saturated rings. The zero-order valence-corrected chi connectivity index (χ0v) is 12.5. The van der Waals surface area contributed by atoms with Gasteiger partial charge in [-0.15, -0.1) is 0 Å². The largest absolute Gasteiger partial charge is 0.385 e. The number of nitrogens with one attached hydrogen (secondary N) is 1. The molecule has 1 aliphatic heterocycles. The van der Waals surface area contributed by atoms with Gasteiger partial charge in [-0.3, -0.25) is 4.79 Å². The third kappa shape index (κ3) is 5.89. The number of nitrogens with zero attached hydrogens (tertiary/aromatic N) is 1. The summed E-state index contributed by atoms with van der Waals surface area (Å²) in [5.74, 6) is 0.208. The summed E-state index contributed by atoms with van der Waals surface area (Å²) in [5.41, 5.74) is 0. The molecular weight excluding hydrogens is 244 g/mol. The molecule has 0 aromatic carbocycles. The third-order valence-corrected chi connectivity index (χ3v) is 3.57. The van der Waals surface area contributed by atoms with Gasteiger partial charge >= 0.3 is 0 Å². The average Bonchev–Trinajstić information content (AvgIpc) is 2.42. The van der Waals surface area contributed by atoms with E-state index in [1.54, 1.807) is 14.2 Å². The molecule has 19 heavy (non-hydrogen) atoms. The fourth-order valence-corrected chi connectivity index (χ4v) is 2.49. The first-order valence-electron chi connectivity index (χ1n) is 7.21. The summed E-state index contributed by atoms with van der Waals surface area (Å²) in [6, 6.07) is 0.411. The van der Waals surface area contributed by atoms with E-state index in [2.05, 4.69) is 12.2 Å². The summed E-state index contributed by atoms with van der Waals surface area (Å²) >= 11 is 0. The molecule has 0 aliphatic carbocycles. The molecule has 1 saturated heterocycles. The highest BCUT2D eigenvalue weighted by Gasteiger charge is 2.27. The fourth-order valence-electron chi connectivity index (χ4n) is 2.49. The van der Waals surface area contributed by atoms with E-state index in [-0.39, 0.29) is 11.9 Å². The van der Waals surface area contributed by atoms with Crippen LogP contribution in [0.3, 0.4) is 0 Å². The molecule has 0 bridgehead atoms. The highest BCUT2D eigenvalue weighted by Crippen LogP contribution is 2.14. The van der Waals surface area contributed by atoms with Crippen molar-refractivity contribution in [2.24, 2.45) is 0 Å². The normalized spacial score (nSPS) is 23.3. The second kappa shape index (κ2) is 9.28. The summed E-state index contributed by atoms with van der Waals surface area (Å²) in [6.07, 6.45) is 4.09. The van der Waals surface area contributed by atoms with E-state index < -0.39 is 0 Å². The molecule has 1 aliphatic rings. The average molecular weight is 272 g/mol. The Labute approximate surface area is 116 Å². The molecule has 0 spiro atoms. The second-order valence-corrected chi connectivity index (χ2v) is 5.22. The maximum absolute atomic E-state index is 12.5. The molecule has 1 amide bonds. The van der Waals surface area contributed by atoms with Crippen molar-refractivity contribution in [1.29, 1.82) is 0 Å². The van der Waals surface area contributed by atoms with Gasteiger partial charge in [0.25, 0.3) is 0 Å². The van der Waals surface area contributed by atoms with Gasteiger partial charge in [0.2, 0.25) is 5.91 Å². The van der Waals surface area contributed by atoms with Crippen LogP contribution in [0.4, 0.5) is 0 Å². The molecule has 2 unspecified atom stereocenters. The first kappa shape index (κ1) is 16.4. The number of carbonyl (C=O) groups is 1. The number of hydrogen-bond donors (Lipinski definition) is 1. The van der Waals surface area contributed by atoms with Crippen molar-refractivity contribution in [1.82, 2.24) is 10.2 Å².